The summed E-state index contributed by atoms with van der Waals surface area (Å²) in [6, 6.07) is 7.16. The molecule has 0 saturated carbocycles. The average molecular weight is 387 g/mol. The van der Waals surface area contributed by atoms with Crippen molar-refractivity contribution in [3.05, 3.63) is 46.9 Å². The van der Waals surface area contributed by atoms with Gasteiger partial charge in [0.2, 0.25) is 10.0 Å². The van der Waals surface area contributed by atoms with Gasteiger partial charge in [-0.05, 0) is 25.0 Å². The molecule has 2 aromatic heterocycles. The van der Waals surface area contributed by atoms with Gasteiger partial charge in [0.25, 0.3) is 5.89 Å². The first-order valence-electron chi connectivity index (χ1n) is 8.85. The van der Waals surface area contributed by atoms with Crippen LogP contribution in [0.25, 0.3) is 11.6 Å². The summed E-state index contributed by atoms with van der Waals surface area (Å²) in [6.07, 6.45) is 1.24. The Kier molecular flexibility index (Phi) is 4.35. The van der Waals surface area contributed by atoms with E-state index >= 15 is 0 Å². The molecule has 0 atom stereocenters. The number of benzene rings is 1. The molecule has 0 spiro atoms. The van der Waals surface area contributed by atoms with Crippen molar-refractivity contribution in [1.29, 1.82) is 0 Å². The third-order valence-corrected chi connectivity index (χ3v) is 6.85. The van der Waals surface area contributed by atoms with Crippen molar-refractivity contribution in [3.63, 3.8) is 0 Å². The van der Waals surface area contributed by atoms with Gasteiger partial charge < -0.3 is 4.52 Å². The van der Waals surface area contributed by atoms with E-state index in [1.807, 2.05) is 26.1 Å². The zero-order valence-electron chi connectivity index (χ0n) is 15.5. The molecular weight excluding hydrogens is 366 g/mol. The molecule has 27 heavy (non-hydrogen) atoms. The summed E-state index contributed by atoms with van der Waals surface area (Å²) in [4.78, 5) is 4.62. The highest BCUT2D eigenvalue weighted by atomic mass is 32.2. The molecule has 0 N–H and O–H groups in total. The second kappa shape index (κ2) is 6.58. The lowest BCUT2D eigenvalue weighted by Gasteiger charge is -2.27. The highest BCUT2D eigenvalue weighted by molar-refractivity contribution is 7.89. The second-order valence-electron chi connectivity index (χ2n) is 6.59. The maximum atomic E-state index is 13.3. The van der Waals surface area contributed by atoms with E-state index in [-0.39, 0.29) is 6.54 Å². The summed E-state index contributed by atoms with van der Waals surface area (Å²) >= 11 is 0. The fourth-order valence-corrected chi connectivity index (χ4v) is 5.23. The van der Waals surface area contributed by atoms with Crippen molar-refractivity contribution in [2.24, 2.45) is 7.05 Å². The van der Waals surface area contributed by atoms with Crippen LogP contribution in [0.2, 0.25) is 0 Å². The summed E-state index contributed by atoms with van der Waals surface area (Å²) in [7, 11) is -1.75. The van der Waals surface area contributed by atoms with Gasteiger partial charge >= 0.3 is 0 Å². The van der Waals surface area contributed by atoms with E-state index in [9.17, 15) is 8.42 Å². The molecule has 0 bridgehead atoms. The van der Waals surface area contributed by atoms with Gasteiger partial charge in [0.05, 0.1) is 4.90 Å². The van der Waals surface area contributed by atoms with Crippen molar-refractivity contribution in [1.82, 2.24) is 24.2 Å². The Morgan fingerprint density at radius 3 is 2.74 bits per heavy atom. The number of hydrogen-bond acceptors (Lipinski definition) is 6. The molecule has 0 fully saturated rings. The zero-order valence-corrected chi connectivity index (χ0v) is 16.3. The van der Waals surface area contributed by atoms with Gasteiger partial charge in [-0.3, -0.25) is 4.68 Å². The normalized spacial score (nSPS) is 15.1. The first-order valence-corrected chi connectivity index (χ1v) is 10.3. The van der Waals surface area contributed by atoms with Gasteiger partial charge in [-0.25, -0.2) is 8.42 Å². The molecule has 1 aromatic carbocycles. The van der Waals surface area contributed by atoms with Crippen molar-refractivity contribution in [3.8, 4) is 11.6 Å². The molecule has 0 unspecified atom stereocenters. The van der Waals surface area contributed by atoms with Gasteiger partial charge in [-0.2, -0.15) is 14.4 Å². The van der Waals surface area contributed by atoms with E-state index in [0.717, 1.165) is 16.8 Å². The summed E-state index contributed by atoms with van der Waals surface area (Å²) in [5.74, 6) is 0.833. The molecule has 0 aliphatic carbocycles. The van der Waals surface area contributed by atoms with Crippen molar-refractivity contribution in [2.45, 2.75) is 38.1 Å². The van der Waals surface area contributed by atoms with E-state index in [2.05, 4.69) is 15.2 Å². The van der Waals surface area contributed by atoms with Crippen LogP contribution >= 0.6 is 0 Å². The summed E-state index contributed by atoms with van der Waals surface area (Å²) in [5.41, 5.74) is 3.19. The van der Waals surface area contributed by atoms with E-state index < -0.39 is 10.0 Å². The number of hydrogen-bond donors (Lipinski definition) is 0. The first-order chi connectivity index (χ1) is 12.9. The Bertz CT molecular complexity index is 1100. The Hall–Kier alpha value is -2.52. The Labute approximate surface area is 157 Å². The minimum atomic E-state index is -3.60. The molecule has 3 aromatic rings. The number of aromatic nitrogens is 4. The third-order valence-electron chi connectivity index (χ3n) is 4.91. The van der Waals surface area contributed by atoms with Gasteiger partial charge in [0.1, 0.15) is 0 Å². The van der Waals surface area contributed by atoms with E-state index in [1.54, 1.807) is 23.7 Å². The standard InChI is InChI=1S/C18H21N5O3S/c1-4-13-7-5-6-8-16(13)27(24,25)23-10-9-15-14(11-23)17(20-22(15)3)18-19-12(2)21-26-18/h5-8H,4,9-11H2,1-3H3. The van der Waals surface area contributed by atoms with Crippen LogP contribution in [-0.2, 0) is 36.5 Å². The molecule has 9 heteroatoms. The molecular formula is C18H21N5O3S. The molecule has 1 aliphatic heterocycles. The van der Waals surface area contributed by atoms with Crippen molar-refractivity contribution in [2.75, 3.05) is 6.54 Å². The lowest BCUT2D eigenvalue weighted by molar-refractivity contribution is 0.384. The minimum absolute atomic E-state index is 0.236. The lowest BCUT2D eigenvalue weighted by Crippen LogP contribution is -2.36. The smallest absolute Gasteiger partial charge is 0.278 e. The molecule has 4 rings (SSSR count). The van der Waals surface area contributed by atoms with E-state index in [0.29, 0.717) is 41.7 Å². The van der Waals surface area contributed by atoms with Crippen LogP contribution in [0.3, 0.4) is 0 Å². The van der Waals surface area contributed by atoms with Gasteiger partial charge in [-0.15, -0.1) is 0 Å². The number of fused-ring (bicyclic) bond motifs is 1. The van der Waals surface area contributed by atoms with Crippen LogP contribution in [0, 0.1) is 6.92 Å². The number of rotatable bonds is 4. The number of sulfonamides is 1. The summed E-state index contributed by atoms with van der Waals surface area (Å²) in [6.45, 7) is 4.34. The molecule has 0 amide bonds. The second-order valence-corrected chi connectivity index (χ2v) is 8.50. The largest absolute Gasteiger partial charge is 0.332 e. The fraction of sp³-hybridized carbons (Fsp3) is 0.389. The molecule has 0 saturated heterocycles. The Balaban J connectivity index is 1.75. The van der Waals surface area contributed by atoms with Gasteiger partial charge in [-0.1, -0.05) is 30.3 Å². The maximum absolute atomic E-state index is 13.3. The van der Waals surface area contributed by atoms with E-state index in [1.165, 1.54) is 4.31 Å². The minimum Gasteiger partial charge on any atom is -0.332 e. The van der Waals surface area contributed by atoms with Crippen LogP contribution in [0.1, 0.15) is 29.6 Å². The number of nitrogens with zero attached hydrogens (tertiary/aromatic N) is 5. The van der Waals surface area contributed by atoms with Crippen molar-refractivity contribution < 1.29 is 12.9 Å². The Morgan fingerprint density at radius 2 is 2.04 bits per heavy atom. The Morgan fingerprint density at radius 1 is 1.26 bits per heavy atom. The molecule has 142 valence electrons. The highest BCUT2D eigenvalue weighted by Gasteiger charge is 2.34. The lowest BCUT2D eigenvalue weighted by atomic mass is 10.1. The maximum Gasteiger partial charge on any atom is 0.278 e. The van der Waals surface area contributed by atoms with Crippen molar-refractivity contribution >= 4 is 10.0 Å². The molecule has 3 heterocycles. The monoisotopic (exact) mass is 387 g/mol. The highest BCUT2D eigenvalue weighted by Crippen LogP contribution is 2.32. The molecule has 1 aliphatic rings. The number of aryl methyl sites for hydroxylation is 3. The van der Waals surface area contributed by atoms with Crippen LogP contribution < -0.4 is 0 Å². The van der Waals surface area contributed by atoms with Crippen LogP contribution in [-0.4, -0.2) is 39.2 Å². The van der Waals surface area contributed by atoms with Gasteiger partial charge in [0.15, 0.2) is 11.5 Å². The zero-order chi connectivity index (χ0) is 19.2. The van der Waals surface area contributed by atoms with Crippen LogP contribution in [0.4, 0.5) is 0 Å². The molecule has 0 radical (unpaired) electrons. The third kappa shape index (κ3) is 2.96. The summed E-state index contributed by atoms with van der Waals surface area (Å²) in [5, 5.41) is 8.32. The summed E-state index contributed by atoms with van der Waals surface area (Å²) < 4.78 is 35.1. The van der Waals surface area contributed by atoms with E-state index in [4.69, 9.17) is 4.52 Å². The topological polar surface area (TPSA) is 94.1 Å². The first kappa shape index (κ1) is 17.9. The molecule has 8 nitrogen and oxygen atoms in total. The van der Waals surface area contributed by atoms with Gasteiger partial charge in [0, 0.05) is 37.8 Å². The predicted molar refractivity (Wildman–Crippen MR) is 98.4 cm³/mol. The van der Waals surface area contributed by atoms with Crippen LogP contribution in [0.5, 0.6) is 0 Å². The fourth-order valence-electron chi connectivity index (χ4n) is 3.52. The van der Waals surface area contributed by atoms with Crippen LogP contribution in [0.15, 0.2) is 33.7 Å². The quantitative estimate of drug-likeness (QED) is 0.680. The SMILES string of the molecule is CCc1ccccc1S(=O)(=O)N1CCc2c(c(-c3nc(C)no3)nn2C)C1. The average Bonchev–Trinajstić information content (AvgIpc) is 3.24. The predicted octanol–water partition coefficient (Wildman–Crippen LogP) is 2.09.